The van der Waals surface area contributed by atoms with Crippen molar-refractivity contribution in [3.63, 3.8) is 0 Å². The van der Waals surface area contributed by atoms with E-state index in [2.05, 4.69) is 9.88 Å². The van der Waals surface area contributed by atoms with E-state index in [1.165, 1.54) is 18.2 Å². The first-order valence-corrected chi connectivity index (χ1v) is 9.39. The van der Waals surface area contributed by atoms with E-state index in [0.29, 0.717) is 18.2 Å². The Morgan fingerprint density at radius 3 is 2.48 bits per heavy atom. The number of anilines is 1. The second-order valence-electron chi connectivity index (χ2n) is 6.78. The van der Waals surface area contributed by atoms with Crippen LogP contribution in [0, 0.1) is 5.82 Å². The van der Waals surface area contributed by atoms with Gasteiger partial charge in [-0.25, -0.2) is 4.39 Å². The minimum Gasteiger partial charge on any atom is -0.348 e. The molecule has 0 unspecified atom stereocenters. The summed E-state index contributed by atoms with van der Waals surface area (Å²) in [7, 11) is 0. The fourth-order valence-electron chi connectivity index (χ4n) is 3.57. The fourth-order valence-corrected chi connectivity index (χ4v) is 3.88. The van der Waals surface area contributed by atoms with Gasteiger partial charge in [-0.05, 0) is 60.2 Å². The van der Waals surface area contributed by atoms with E-state index < -0.39 is 11.7 Å². The number of rotatable bonds is 2. The highest BCUT2D eigenvalue weighted by atomic mass is 32.1. The molecule has 0 saturated carbocycles. The zero-order valence-electron chi connectivity index (χ0n) is 15.2. The third-order valence-corrected chi connectivity index (χ3v) is 5.26. The Kier molecular flexibility index (Phi) is 5.04. The maximum absolute atomic E-state index is 13.4. The lowest BCUT2D eigenvalue weighted by Crippen LogP contribution is -2.44. The Labute approximate surface area is 170 Å². The van der Waals surface area contributed by atoms with Crippen molar-refractivity contribution in [2.75, 3.05) is 11.9 Å². The third kappa shape index (κ3) is 3.98. The predicted octanol–water partition coefficient (Wildman–Crippen LogP) is 5.45. The highest BCUT2D eigenvalue weighted by Gasteiger charge is 2.32. The average Bonchev–Trinajstić information content (AvgIpc) is 3.16. The van der Waals surface area contributed by atoms with Crippen molar-refractivity contribution >= 4 is 23.0 Å². The molecule has 0 saturated heterocycles. The van der Waals surface area contributed by atoms with E-state index in [4.69, 9.17) is 12.2 Å². The number of hydrogen-bond acceptors (Lipinski definition) is 1. The first-order valence-electron chi connectivity index (χ1n) is 8.98. The van der Waals surface area contributed by atoms with Crippen LogP contribution >= 0.6 is 12.2 Å². The van der Waals surface area contributed by atoms with Crippen LogP contribution in [-0.2, 0) is 12.7 Å². The molecule has 0 fully saturated rings. The number of fused-ring (bicyclic) bond motifs is 1. The van der Waals surface area contributed by atoms with Crippen LogP contribution in [-0.4, -0.2) is 21.1 Å². The molecule has 1 N–H and O–H groups in total. The van der Waals surface area contributed by atoms with Gasteiger partial charge in [0, 0.05) is 30.7 Å². The van der Waals surface area contributed by atoms with Crippen molar-refractivity contribution in [3.05, 3.63) is 89.5 Å². The monoisotopic (exact) mass is 419 g/mol. The molecule has 3 nitrogen and oxygen atoms in total. The maximum Gasteiger partial charge on any atom is 0.416 e. The predicted molar refractivity (Wildman–Crippen MR) is 107 cm³/mol. The maximum atomic E-state index is 13.4. The summed E-state index contributed by atoms with van der Waals surface area (Å²) in [4.78, 5) is 1.91. The summed E-state index contributed by atoms with van der Waals surface area (Å²) in [5, 5.41) is 3.24. The van der Waals surface area contributed by atoms with Crippen LogP contribution < -0.4 is 5.32 Å². The van der Waals surface area contributed by atoms with Crippen LogP contribution in [0.4, 0.5) is 23.2 Å². The van der Waals surface area contributed by atoms with Crippen LogP contribution in [0.25, 0.3) is 0 Å². The van der Waals surface area contributed by atoms with E-state index in [1.807, 2.05) is 23.2 Å². The van der Waals surface area contributed by atoms with Crippen molar-refractivity contribution in [2.24, 2.45) is 0 Å². The minimum absolute atomic E-state index is 0.267. The number of alkyl halides is 3. The van der Waals surface area contributed by atoms with Crippen molar-refractivity contribution in [1.82, 2.24) is 9.47 Å². The lowest BCUT2D eigenvalue weighted by atomic mass is 10.0. The second kappa shape index (κ2) is 7.51. The molecule has 0 aliphatic carbocycles. The largest absolute Gasteiger partial charge is 0.416 e. The SMILES string of the molecule is Fc1ccc([C@H]2c3cccn3CCN2C(=S)Nc2cccc(C(F)(F)F)c2)cc1. The van der Waals surface area contributed by atoms with Gasteiger partial charge in [0.25, 0.3) is 0 Å². The van der Waals surface area contributed by atoms with Crippen LogP contribution in [0.2, 0.25) is 0 Å². The molecule has 0 bridgehead atoms. The topological polar surface area (TPSA) is 20.2 Å². The lowest BCUT2D eigenvalue weighted by molar-refractivity contribution is -0.137. The lowest BCUT2D eigenvalue weighted by Gasteiger charge is -2.39. The van der Waals surface area contributed by atoms with Crippen LogP contribution in [0.1, 0.15) is 22.9 Å². The minimum atomic E-state index is -4.43. The van der Waals surface area contributed by atoms with Crippen LogP contribution in [0.5, 0.6) is 0 Å². The smallest absolute Gasteiger partial charge is 0.348 e. The number of thiocarbonyl (C=S) groups is 1. The van der Waals surface area contributed by atoms with Gasteiger partial charge in [0.1, 0.15) is 5.82 Å². The van der Waals surface area contributed by atoms with Gasteiger partial charge in [0.2, 0.25) is 0 Å². The Morgan fingerprint density at radius 2 is 1.76 bits per heavy atom. The van der Waals surface area contributed by atoms with Crippen molar-refractivity contribution in [2.45, 2.75) is 18.8 Å². The number of nitrogens with zero attached hydrogens (tertiary/aromatic N) is 2. The highest BCUT2D eigenvalue weighted by molar-refractivity contribution is 7.80. The van der Waals surface area contributed by atoms with Crippen LogP contribution in [0.15, 0.2) is 66.9 Å². The van der Waals surface area contributed by atoms with Crippen molar-refractivity contribution < 1.29 is 17.6 Å². The van der Waals surface area contributed by atoms with E-state index in [1.54, 1.807) is 18.2 Å². The number of halogens is 4. The molecule has 8 heteroatoms. The Hall–Kier alpha value is -2.87. The first-order chi connectivity index (χ1) is 13.8. The quantitative estimate of drug-likeness (QED) is 0.441. The summed E-state index contributed by atoms with van der Waals surface area (Å²) >= 11 is 5.55. The van der Waals surface area contributed by atoms with Crippen LogP contribution in [0.3, 0.4) is 0 Å². The third-order valence-electron chi connectivity index (χ3n) is 4.93. The molecule has 1 aliphatic heterocycles. The van der Waals surface area contributed by atoms with E-state index in [9.17, 15) is 17.6 Å². The summed E-state index contributed by atoms with van der Waals surface area (Å²) in [5.41, 5.74) is 1.35. The zero-order chi connectivity index (χ0) is 20.6. The number of benzene rings is 2. The first kappa shape index (κ1) is 19.4. The molecule has 1 aliphatic rings. The van der Waals surface area contributed by atoms with Gasteiger partial charge < -0.3 is 14.8 Å². The zero-order valence-corrected chi connectivity index (χ0v) is 16.0. The number of hydrogen-bond donors (Lipinski definition) is 1. The Bertz CT molecular complexity index is 1030. The fraction of sp³-hybridized carbons (Fsp3) is 0.190. The Morgan fingerprint density at radius 1 is 1.00 bits per heavy atom. The molecule has 2 aromatic carbocycles. The van der Waals surface area contributed by atoms with Crippen molar-refractivity contribution in [3.8, 4) is 0 Å². The molecule has 29 heavy (non-hydrogen) atoms. The van der Waals surface area contributed by atoms with Gasteiger partial charge in [-0.2, -0.15) is 13.2 Å². The van der Waals surface area contributed by atoms with Crippen molar-refractivity contribution in [1.29, 1.82) is 0 Å². The van der Waals surface area contributed by atoms with Gasteiger partial charge in [-0.3, -0.25) is 0 Å². The second-order valence-corrected chi connectivity index (χ2v) is 7.17. The number of aromatic nitrogens is 1. The molecular weight excluding hydrogens is 402 g/mol. The molecule has 0 amide bonds. The number of nitrogens with one attached hydrogen (secondary N) is 1. The van der Waals surface area contributed by atoms with Gasteiger partial charge in [-0.1, -0.05) is 18.2 Å². The summed E-state index contributed by atoms with van der Waals surface area (Å²) < 4.78 is 54.5. The van der Waals surface area contributed by atoms with Gasteiger partial charge in [-0.15, -0.1) is 0 Å². The van der Waals surface area contributed by atoms with Gasteiger partial charge >= 0.3 is 6.18 Å². The molecule has 3 aromatic rings. The molecule has 4 rings (SSSR count). The summed E-state index contributed by atoms with van der Waals surface area (Å²) in [5.74, 6) is -0.337. The summed E-state index contributed by atoms with van der Waals surface area (Å²) in [6.45, 7) is 1.25. The molecule has 1 atom stereocenters. The van der Waals surface area contributed by atoms with E-state index in [-0.39, 0.29) is 17.5 Å². The normalized spacial score (nSPS) is 16.4. The summed E-state index contributed by atoms with van der Waals surface area (Å²) in [6, 6.07) is 14.7. The Balaban J connectivity index is 1.64. The van der Waals surface area contributed by atoms with Gasteiger partial charge in [0.05, 0.1) is 11.6 Å². The van der Waals surface area contributed by atoms with E-state index >= 15 is 0 Å². The molecule has 0 radical (unpaired) electrons. The van der Waals surface area contributed by atoms with E-state index in [0.717, 1.165) is 23.4 Å². The average molecular weight is 419 g/mol. The molecule has 150 valence electrons. The standard InChI is InChI=1S/C21H17F4N3S/c22-16-8-6-14(7-9-16)19-18-5-2-10-27(18)11-12-28(19)20(29)26-17-4-1-3-15(13-17)21(23,24)25/h1-10,13,19H,11-12H2,(H,26,29)/t19-/m0/s1. The summed E-state index contributed by atoms with van der Waals surface area (Å²) in [6.07, 6.45) is -2.46. The van der Waals surface area contributed by atoms with Gasteiger partial charge in [0.15, 0.2) is 5.11 Å². The molecule has 0 spiro atoms. The highest BCUT2D eigenvalue weighted by Crippen LogP contribution is 2.34. The molecule has 2 heterocycles. The molecular formula is C21H17F4N3S. The molecule has 1 aromatic heterocycles.